The highest BCUT2D eigenvalue weighted by atomic mass is 35.5. The highest BCUT2D eigenvalue weighted by Gasteiger charge is 2.24. The maximum atomic E-state index is 11.7. The highest BCUT2D eigenvalue weighted by Crippen LogP contribution is 2.29. The molecule has 1 heterocycles. The molecule has 0 bridgehead atoms. The van der Waals surface area contributed by atoms with Crippen molar-refractivity contribution in [1.82, 2.24) is 10.6 Å². The predicted molar refractivity (Wildman–Crippen MR) is 67.8 cm³/mol. The Morgan fingerprint density at radius 3 is 2.69 bits per heavy atom. The lowest BCUT2D eigenvalue weighted by atomic mass is 9.82. The van der Waals surface area contributed by atoms with E-state index >= 15 is 0 Å². The molecule has 2 fully saturated rings. The number of hydrogen-bond acceptors (Lipinski definition) is 2. The van der Waals surface area contributed by atoms with E-state index in [1.54, 1.807) is 0 Å². The van der Waals surface area contributed by atoms with Crippen molar-refractivity contribution in [1.29, 1.82) is 0 Å². The van der Waals surface area contributed by atoms with Gasteiger partial charge in [-0.1, -0.05) is 6.42 Å². The van der Waals surface area contributed by atoms with E-state index in [2.05, 4.69) is 17.6 Å². The summed E-state index contributed by atoms with van der Waals surface area (Å²) in [6.45, 7) is 3.22. The molecule has 16 heavy (non-hydrogen) atoms. The summed E-state index contributed by atoms with van der Waals surface area (Å²) in [6.07, 6.45) is 6.77. The molecule has 0 aromatic heterocycles. The number of piperidine rings is 1. The lowest BCUT2D eigenvalue weighted by molar-refractivity contribution is -0.123. The highest BCUT2D eigenvalue weighted by molar-refractivity contribution is 5.85. The first kappa shape index (κ1) is 13.8. The molecular formula is C12H23ClN2O. The van der Waals surface area contributed by atoms with Crippen LogP contribution in [0.5, 0.6) is 0 Å². The number of amides is 1. The van der Waals surface area contributed by atoms with Gasteiger partial charge in [-0.2, -0.15) is 0 Å². The van der Waals surface area contributed by atoms with Crippen molar-refractivity contribution in [3.05, 3.63) is 0 Å². The van der Waals surface area contributed by atoms with Crippen LogP contribution in [-0.4, -0.2) is 24.5 Å². The Kier molecular flexibility index (Phi) is 5.56. The van der Waals surface area contributed by atoms with Gasteiger partial charge >= 0.3 is 0 Å². The van der Waals surface area contributed by atoms with Crippen LogP contribution in [0.25, 0.3) is 0 Å². The number of carbonyl (C=O) groups excluding carboxylic acids is 1. The van der Waals surface area contributed by atoms with Crippen LogP contribution in [0.3, 0.4) is 0 Å². The van der Waals surface area contributed by atoms with Gasteiger partial charge in [0.25, 0.3) is 0 Å². The largest absolute Gasteiger partial charge is 0.353 e. The molecule has 2 atom stereocenters. The van der Waals surface area contributed by atoms with Crippen LogP contribution >= 0.6 is 12.4 Å². The normalized spacial score (nSPS) is 30.1. The predicted octanol–water partition coefficient (Wildman–Crippen LogP) is 1.86. The fourth-order valence-corrected chi connectivity index (χ4v) is 2.51. The Balaban J connectivity index is 0.00000128. The fourth-order valence-electron chi connectivity index (χ4n) is 2.51. The van der Waals surface area contributed by atoms with E-state index in [0.717, 1.165) is 25.8 Å². The van der Waals surface area contributed by atoms with Crippen LogP contribution in [0.2, 0.25) is 0 Å². The fraction of sp³-hybridized carbons (Fsp3) is 0.917. The number of rotatable bonds is 3. The van der Waals surface area contributed by atoms with Crippen LogP contribution < -0.4 is 10.6 Å². The minimum absolute atomic E-state index is 0. The molecule has 0 aromatic carbocycles. The second-order valence-corrected chi connectivity index (χ2v) is 5.15. The van der Waals surface area contributed by atoms with Crippen LogP contribution in [0, 0.1) is 5.92 Å². The van der Waals surface area contributed by atoms with E-state index in [0.29, 0.717) is 18.0 Å². The minimum Gasteiger partial charge on any atom is -0.353 e. The molecule has 0 radical (unpaired) electrons. The van der Waals surface area contributed by atoms with Gasteiger partial charge in [0.15, 0.2) is 0 Å². The molecule has 1 aliphatic carbocycles. The topological polar surface area (TPSA) is 41.1 Å². The molecule has 3 nitrogen and oxygen atoms in total. The molecule has 4 heteroatoms. The molecule has 94 valence electrons. The molecule has 1 saturated carbocycles. The Labute approximate surface area is 104 Å². The summed E-state index contributed by atoms with van der Waals surface area (Å²) >= 11 is 0. The first-order chi connectivity index (χ1) is 7.24. The van der Waals surface area contributed by atoms with Crippen molar-refractivity contribution < 1.29 is 4.79 Å². The first-order valence-corrected chi connectivity index (χ1v) is 6.27. The number of halogens is 1. The van der Waals surface area contributed by atoms with E-state index in [9.17, 15) is 4.79 Å². The third-order valence-electron chi connectivity index (χ3n) is 3.69. The lowest BCUT2D eigenvalue weighted by Crippen LogP contribution is -2.47. The maximum absolute atomic E-state index is 11.7. The smallest absolute Gasteiger partial charge is 0.220 e. The molecule has 0 aromatic rings. The number of carbonyl (C=O) groups is 1. The van der Waals surface area contributed by atoms with Crippen LogP contribution in [0.4, 0.5) is 0 Å². The molecule has 2 N–H and O–H groups in total. The zero-order valence-corrected chi connectivity index (χ0v) is 10.8. The van der Waals surface area contributed by atoms with Crippen molar-refractivity contribution in [2.75, 3.05) is 6.54 Å². The van der Waals surface area contributed by atoms with E-state index in [-0.39, 0.29) is 18.3 Å². The van der Waals surface area contributed by atoms with E-state index in [1.807, 2.05) is 0 Å². The SMILES string of the molecule is CC1CC(NC(=O)CC2CCC2)CCN1.Cl. The van der Waals surface area contributed by atoms with Crippen LogP contribution in [0.1, 0.15) is 45.4 Å². The summed E-state index contributed by atoms with van der Waals surface area (Å²) in [6, 6.07) is 0.960. The molecule has 2 aliphatic rings. The van der Waals surface area contributed by atoms with Gasteiger partial charge in [0.05, 0.1) is 0 Å². The summed E-state index contributed by atoms with van der Waals surface area (Å²) in [5.41, 5.74) is 0. The molecule has 2 unspecified atom stereocenters. The third kappa shape index (κ3) is 3.95. The second kappa shape index (κ2) is 6.45. The Morgan fingerprint density at radius 1 is 1.38 bits per heavy atom. The summed E-state index contributed by atoms with van der Waals surface area (Å²) in [4.78, 5) is 11.7. The van der Waals surface area contributed by atoms with Crippen molar-refractivity contribution in [2.24, 2.45) is 5.92 Å². The summed E-state index contributed by atoms with van der Waals surface area (Å²) in [5.74, 6) is 0.961. The summed E-state index contributed by atoms with van der Waals surface area (Å²) in [5, 5.41) is 6.57. The molecular weight excluding hydrogens is 224 g/mol. The molecule has 2 rings (SSSR count). The van der Waals surface area contributed by atoms with Gasteiger partial charge in [-0.15, -0.1) is 12.4 Å². The van der Waals surface area contributed by atoms with Gasteiger partial charge in [-0.3, -0.25) is 4.79 Å². The number of nitrogens with one attached hydrogen (secondary N) is 2. The van der Waals surface area contributed by atoms with Gasteiger partial charge < -0.3 is 10.6 Å². The lowest BCUT2D eigenvalue weighted by Gasteiger charge is -2.30. The Morgan fingerprint density at radius 2 is 2.12 bits per heavy atom. The van der Waals surface area contributed by atoms with Crippen LogP contribution in [0.15, 0.2) is 0 Å². The molecule has 1 saturated heterocycles. The minimum atomic E-state index is 0. The average molecular weight is 247 g/mol. The van der Waals surface area contributed by atoms with Gasteiger partial charge in [-0.25, -0.2) is 0 Å². The summed E-state index contributed by atoms with van der Waals surface area (Å²) in [7, 11) is 0. The quantitative estimate of drug-likeness (QED) is 0.798. The standard InChI is InChI=1S/C12H22N2O.ClH/c1-9-7-11(5-6-13-9)14-12(15)8-10-3-2-4-10;/h9-11,13H,2-8H2,1H3,(H,14,15);1H. The van der Waals surface area contributed by atoms with E-state index in [1.165, 1.54) is 19.3 Å². The zero-order valence-electron chi connectivity index (χ0n) is 10.00. The first-order valence-electron chi connectivity index (χ1n) is 6.27. The van der Waals surface area contributed by atoms with Crippen molar-refractivity contribution in [3.8, 4) is 0 Å². The van der Waals surface area contributed by atoms with Crippen molar-refractivity contribution in [2.45, 2.75) is 57.5 Å². The van der Waals surface area contributed by atoms with Crippen molar-refractivity contribution in [3.63, 3.8) is 0 Å². The van der Waals surface area contributed by atoms with Gasteiger partial charge in [0.1, 0.15) is 0 Å². The van der Waals surface area contributed by atoms with Crippen LogP contribution in [-0.2, 0) is 4.79 Å². The molecule has 1 amide bonds. The molecule has 1 aliphatic heterocycles. The Hall–Kier alpha value is -0.280. The molecule has 0 spiro atoms. The average Bonchev–Trinajstić information content (AvgIpc) is 2.11. The third-order valence-corrected chi connectivity index (χ3v) is 3.69. The Bertz CT molecular complexity index is 231. The maximum Gasteiger partial charge on any atom is 0.220 e. The number of hydrogen-bond donors (Lipinski definition) is 2. The van der Waals surface area contributed by atoms with E-state index in [4.69, 9.17) is 0 Å². The van der Waals surface area contributed by atoms with Gasteiger partial charge in [0.2, 0.25) is 5.91 Å². The monoisotopic (exact) mass is 246 g/mol. The van der Waals surface area contributed by atoms with Crippen molar-refractivity contribution >= 4 is 18.3 Å². The summed E-state index contributed by atoms with van der Waals surface area (Å²) < 4.78 is 0. The zero-order chi connectivity index (χ0) is 10.7. The second-order valence-electron chi connectivity index (χ2n) is 5.15. The van der Waals surface area contributed by atoms with E-state index < -0.39 is 0 Å². The van der Waals surface area contributed by atoms with Gasteiger partial charge in [0, 0.05) is 18.5 Å². The van der Waals surface area contributed by atoms with Gasteiger partial charge in [-0.05, 0) is 45.1 Å².